The van der Waals surface area contributed by atoms with Gasteiger partial charge in [0.15, 0.2) is 0 Å². The second-order valence-corrected chi connectivity index (χ2v) is 7.29. The van der Waals surface area contributed by atoms with E-state index in [0.717, 1.165) is 42.8 Å². The number of benzene rings is 1. The quantitative estimate of drug-likeness (QED) is 0.547. The lowest BCUT2D eigenvalue weighted by Gasteiger charge is -2.33. The van der Waals surface area contributed by atoms with Crippen LogP contribution in [0.3, 0.4) is 0 Å². The molecule has 2 aromatic heterocycles. The number of carboxylic acid groups (broad SMARTS) is 1. The number of rotatable bonds is 4. The van der Waals surface area contributed by atoms with E-state index in [1.807, 2.05) is 19.1 Å². The van der Waals surface area contributed by atoms with Crippen molar-refractivity contribution in [2.45, 2.75) is 31.9 Å². The highest BCUT2D eigenvalue weighted by molar-refractivity contribution is 5.73. The van der Waals surface area contributed by atoms with Gasteiger partial charge in [0, 0.05) is 36.8 Å². The molecule has 0 spiro atoms. The van der Waals surface area contributed by atoms with Crippen LogP contribution in [0.25, 0.3) is 0 Å². The molecule has 0 bridgehead atoms. The largest absolute Gasteiger partial charge is 0.490 e. The monoisotopic (exact) mass is 448 g/mol. The minimum atomic E-state index is -5.08. The van der Waals surface area contributed by atoms with Crippen LogP contribution < -0.4 is 10.2 Å². The molecule has 4 rings (SSSR count). The summed E-state index contributed by atoms with van der Waals surface area (Å²) in [6.07, 6.45) is -1.00. The SMILES string of the molecule is Cc1cc(Nc2ccn[nH]2)nc(N2CCCC(c3ccccc3)C2)n1.O=C(O)C(F)(F)F. The lowest BCUT2D eigenvalue weighted by Crippen LogP contribution is -2.35. The lowest BCUT2D eigenvalue weighted by molar-refractivity contribution is -0.192. The number of carboxylic acids is 1. The van der Waals surface area contributed by atoms with Crippen molar-refractivity contribution in [2.75, 3.05) is 23.3 Å². The van der Waals surface area contributed by atoms with Crippen molar-refractivity contribution in [2.24, 2.45) is 0 Å². The minimum absolute atomic E-state index is 0.531. The van der Waals surface area contributed by atoms with Gasteiger partial charge in [0.1, 0.15) is 11.6 Å². The Bertz CT molecular complexity index is 1010. The third-order valence-corrected chi connectivity index (χ3v) is 4.82. The third-order valence-electron chi connectivity index (χ3n) is 4.82. The Balaban J connectivity index is 0.000000360. The molecule has 3 aromatic rings. The molecule has 3 heterocycles. The third kappa shape index (κ3) is 6.43. The van der Waals surface area contributed by atoms with Crippen LogP contribution in [0.15, 0.2) is 48.7 Å². The average molecular weight is 448 g/mol. The second kappa shape index (κ2) is 10.1. The molecule has 32 heavy (non-hydrogen) atoms. The number of hydrogen-bond acceptors (Lipinski definition) is 6. The number of piperidine rings is 1. The standard InChI is InChI=1S/C19H22N6.C2HF3O2/c1-14-12-18(22-17-9-10-20-24-17)23-19(21-14)25-11-5-8-16(13-25)15-6-3-2-4-7-15;3-2(4,5)1(6)7/h2-4,6-7,9-10,12,16H,5,8,11,13H2,1H3,(H2,20,21,22,23,24);(H,6,7). The maximum atomic E-state index is 10.6. The molecule has 170 valence electrons. The Morgan fingerprint density at radius 2 is 1.94 bits per heavy atom. The molecule has 0 radical (unpaired) electrons. The molecule has 1 fully saturated rings. The number of aliphatic carboxylic acids is 1. The van der Waals surface area contributed by atoms with E-state index in [0.29, 0.717) is 5.92 Å². The molecule has 0 amide bonds. The molecule has 0 saturated carbocycles. The van der Waals surface area contributed by atoms with Crippen molar-refractivity contribution in [3.8, 4) is 0 Å². The summed E-state index contributed by atoms with van der Waals surface area (Å²) in [6, 6.07) is 14.6. The van der Waals surface area contributed by atoms with Gasteiger partial charge >= 0.3 is 12.1 Å². The van der Waals surface area contributed by atoms with Crippen molar-refractivity contribution in [3.63, 3.8) is 0 Å². The Kier molecular flexibility index (Phi) is 7.29. The summed E-state index contributed by atoms with van der Waals surface area (Å²) in [5.41, 5.74) is 2.35. The number of aryl methyl sites for hydroxylation is 1. The van der Waals surface area contributed by atoms with Gasteiger partial charge in [-0.05, 0) is 25.3 Å². The molecule has 3 N–H and O–H groups in total. The second-order valence-electron chi connectivity index (χ2n) is 7.29. The topological polar surface area (TPSA) is 107 Å². The number of anilines is 3. The summed E-state index contributed by atoms with van der Waals surface area (Å²) in [6.45, 7) is 3.95. The van der Waals surface area contributed by atoms with Gasteiger partial charge in [-0.25, -0.2) is 9.78 Å². The summed E-state index contributed by atoms with van der Waals surface area (Å²) in [5, 5.41) is 17.2. The molecule has 11 heteroatoms. The summed E-state index contributed by atoms with van der Waals surface area (Å²) in [7, 11) is 0. The fourth-order valence-electron chi connectivity index (χ4n) is 3.38. The smallest absolute Gasteiger partial charge is 0.475 e. The molecule has 1 unspecified atom stereocenters. The van der Waals surface area contributed by atoms with Crippen LogP contribution >= 0.6 is 0 Å². The van der Waals surface area contributed by atoms with Gasteiger partial charge in [0.25, 0.3) is 0 Å². The van der Waals surface area contributed by atoms with Crippen molar-refractivity contribution >= 4 is 23.6 Å². The van der Waals surface area contributed by atoms with Crippen LogP contribution in [-0.4, -0.2) is 50.5 Å². The predicted octanol–water partition coefficient (Wildman–Crippen LogP) is 4.27. The van der Waals surface area contributed by atoms with E-state index in [-0.39, 0.29) is 0 Å². The zero-order valence-electron chi connectivity index (χ0n) is 17.3. The molecular formula is C21H23F3N6O2. The predicted molar refractivity (Wildman–Crippen MR) is 113 cm³/mol. The number of H-pyrrole nitrogens is 1. The van der Waals surface area contributed by atoms with E-state index in [1.54, 1.807) is 6.20 Å². The van der Waals surface area contributed by atoms with Crippen molar-refractivity contribution < 1.29 is 23.1 Å². The summed E-state index contributed by atoms with van der Waals surface area (Å²) >= 11 is 0. The van der Waals surface area contributed by atoms with Crippen LogP contribution in [0, 0.1) is 6.92 Å². The van der Waals surface area contributed by atoms with Gasteiger partial charge < -0.3 is 15.3 Å². The summed E-state index contributed by atoms with van der Waals surface area (Å²) in [4.78, 5) is 20.6. The van der Waals surface area contributed by atoms with E-state index < -0.39 is 12.1 Å². The highest BCUT2D eigenvalue weighted by Crippen LogP contribution is 2.29. The van der Waals surface area contributed by atoms with Gasteiger partial charge in [-0.1, -0.05) is 30.3 Å². The Labute approximate surface area is 182 Å². The van der Waals surface area contributed by atoms with Gasteiger partial charge in [0.05, 0.1) is 6.20 Å². The summed E-state index contributed by atoms with van der Waals surface area (Å²) in [5.74, 6) is 0.177. The summed E-state index contributed by atoms with van der Waals surface area (Å²) < 4.78 is 31.7. The maximum Gasteiger partial charge on any atom is 0.490 e. The van der Waals surface area contributed by atoms with E-state index in [4.69, 9.17) is 14.9 Å². The fraction of sp³-hybridized carbons (Fsp3) is 0.333. The van der Waals surface area contributed by atoms with Crippen LogP contribution in [0.2, 0.25) is 0 Å². The highest BCUT2D eigenvalue weighted by atomic mass is 19.4. The molecule has 1 aliphatic rings. The van der Waals surface area contributed by atoms with E-state index in [1.165, 1.54) is 12.0 Å². The number of alkyl halides is 3. The number of aromatic nitrogens is 4. The van der Waals surface area contributed by atoms with Gasteiger partial charge in [0.2, 0.25) is 5.95 Å². The molecule has 0 aliphatic carbocycles. The first-order chi connectivity index (χ1) is 15.2. The van der Waals surface area contributed by atoms with Gasteiger partial charge in [-0.2, -0.15) is 23.3 Å². The fourth-order valence-corrected chi connectivity index (χ4v) is 3.38. The molecule has 1 aliphatic heterocycles. The number of aromatic amines is 1. The van der Waals surface area contributed by atoms with E-state index in [9.17, 15) is 13.2 Å². The molecule has 8 nitrogen and oxygen atoms in total. The van der Waals surface area contributed by atoms with Gasteiger partial charge in [-0.3, -0.25) is 5.10 Å². The zero-order valence-corrected chi connectivity index (χ0v) is 17.3. The minimum Gasteiger partial charge on any atom is -0.475 e. The number of halogens is 3. The normalized spacial score (nSPS) is 16.1. The average Bonchev–Trinajstić information content (AvgIpc) is 3.27. The number of carbonyl (C=O) groups is 1. The molecule has 1 atom stereocenters. The number of nitrogens with one attached hydrogen (secondary N) is 2. The number of hydrogen-bond donors (Lipinski definition) is 3. The lowest BCUT2D eigenvalue weighted by atomic mass is 9.91. The first kappa shape index (κ1) is 23.0. The highest BCUT2D eigenvalue weighted by Gasteiger charge is 2.38. The van der Waals surface area contributed by atoms with Crippen LogP contribution in [0.5, 0.6) is 0 Å². The van der Waals surface area contributed by atoms with Crippen molar-refractivity contribution in [3.05, 3.63) is 59.9 Å². The van der Waals surface area contributed by atoms with Crippen LogP contribution in [0.1, 0.15) is 30.0 Å². The Morgan fingerprint density at radius 1 is 1.22 bits per heavy atom. The first-order valence-electron chi connectivity index (χ1n) is 9.94. The zero-order chi connectivity index (χ0) is 23.1. The molecule has 1 saturated heterocycles. The van der Waals surface area contributed by atoms with Crippen molar-refractivity contribution in [1.29, 1.82) is 0 Å². The Morgan fingerprint density at radius 3 is 2.56 bits per heavy atom. The maximum absolute atomic E-state index is 10.6. The van der Waals surface area contributed by atoms with E-state index in [2.05, 4.69) is 55.7 Å². The number of nitrogens with zero attached hydrogens (tertiary/aromatic N) is 4. The first-order valence-corrected chi connectivity index (χ1v) is 9.94. The Hall–Kier alpha value is -3.63. The van der Waals surface area contributed by atoms with Crippen LogP contribution in [-0.2, 0) is 4.79 Å². The van der Waals surface area contributed by atoms with E-state index >= 15 is 0 Å². The molecular weight excluding hydrogens is 425 g/mol. The van der Waals surface area contributed by atoms with Gasteiger partial charge in [-0.15, -0.1) is 0 Å². The van der Waals surface area contributed by atoms with Crippen molar-refractivity contribution in [1.82, 2.24) is 20.2 Å². The molecule has 1 aromatic carbocycles. The van der Waals surface area contributed by atoms with Crippen LogP contribution in [0.4, 0.5) is 30.8 Å².